The van der Waals surface area contributed by atoms with Crippen molar-refractivity contribution < 1.29 is 33.1 Å². The molecule has 6 nitrogen and oxygen atoms in total. The quantitative estimate of drug-likeness (QED) is 0.326. The first-order valence-electron chi connectivity index (χ1n) is 6.19. The van der Waals surface area contributed by atoms with Crippen LogP contribution in [0, 0.1) is 6.07 Å². The van der Waals surface area contributed by atoms with E-state index in [2.05, 4.69) is 21.0 Å². The van der Waals surface area contributed by atoms with E-state index in [-0.39, 0.29) is 25.1 Å². The Hall–Kier alpha value is -1.99. The first-order chi connectivity index (χ1) is 10.6. The Bertz CT molecular complexity index is 764. The topological polar surface area (TPSA) is 93.0 Å². The fraction of sp³-hybridized carbons (Fsp3) is 0. The molecule has 2 aromatic heterocycles. The standard InChI is InChI=1S/C11H8N.C4H4N2O3S.Ir/c1-2-6-10(7-3-1)11-8-4-5-9-12-11;7-10(8,9)4-1-2-5-3-6-4;/h1-6,8-9H;1-3H,(H,7,8,9);/q-1;;. The molecule has 0 spiro atoms. The third-order valence-corrected chi connectivity index (χ3v) is 3.24. The Labute approximate surface area is 147 Å². The molecule has 0 saturated carbocycles. The number of hydrogen-bond acceptors (Lipinski definition) is 5. The second-order valence-electron chi connectivity index (χ2n) is 4.01. The second-order valence-corrected chi connectivity index (χ2v) is 5.38. The van der Waals surface area contributed by atoms with Gasteiger partial charge in [0.2, 0.25) is 0 Å². The summed E-state index contributed by atoms with van der Waals surface area (Å²) in [7, 11) is -4.15. The van der Waals surface area contributed by atoms with Crippen LogP contribution in [0.4, 0.5) is 0 Å². The molecular formula is C15H12IrN3O3S-. The van der Waals surface area contributed by atoms with Crippen LogP contribution in [-0.4, -0.2) is 27.9 Å². The van der Waals surface area contributed by atoms with Crippen LogP contribution in [0.1, 0.15) is 0 Å². The molecule has 8 heteroatoms. The minimum atomic E-state index is -4.15. The molecular weight excluding hydrogens is 494 g/mol. The minimum Gasteiger partial charge on any atom is -0.305 e. The van der Waals surface area contributed by atoms with Crippen LogP contribution in [0.2, 0.25) is 0 Å². The molecule has 0 aliphatic rings. The molecule has 0 aliphatic heterocycles. The average Bonchev–Trinajstić information content (AvgIpc) is 2.57. The summed E-state index contributed by atoms with van der Waals surface area (Å²) in [5.41, 5.74) is 2.01. The number of nitrogens with zero attached hydrogens (tertiary/aromatic N) is 3. The smallest absolute Gasteiger partial charge is 0.305 e. The van der Waals surface area contributed by atoms with Crippen LogP contribution >= 0.6 is 0 Å². The average molecular weight is 507 g/mol. The van der Waals surface area contributed by atoms with Crippen molar-refractivity contribution in [2.24, 2.45) is 0 Å². The van der Waals surface area contributed by atoms with Gasteiger partial charge in [0.15, 0.2) is 5.03 Å². The van der Waals surface area contributed by atoms with E-state index >= 15 is 0 Å². The molecule has 0 fully saturated rings. The van der Waals surface area contributed by atoms with Crippen LogP contribution in [0.15, 0.2) is 72.3 Å². The normalized spacial score (nSPS) is 9.96. The van der Waals surface area contributed by atoms with E-state index in [1.165, 1.54) is 6.20 Å². The zero-order valence-electron chi connectivity index (χ0n) is 11.7. The van der Waals surface area contributed by atoms with Crippen LogP contribution in [0.5, 0.6) is 0 Å². The van der Waals surface area contributed by atoms with Crippen molar-refractivity contribution in [2.45, 2.75) is 5.03 Å². The van der Waals surface area contributed by atoms with Crippen LogP contribution in [-0.2, 0) is 30.2 Å². The van der Waals surface area contributed by atoms with E-state index in [1.807, 2.05) is 42.5 Å². The van der Waals surface area contributed by atoms with E-state index in [9.17, 15) is 8.42 Å². The van der Waals surface area contributed by atoms with Gasteiger partial charge in [-0.2, -0.15) is 8.42 Å². The maximum absolute atomic E-state index is 10.3. The fourth-order valence-electron chi connectivity index (χ4n) is 1.51. The minimum absolute atomic E-state index is 0. The summed E-state index contributed by atoms with van der Waals surface area (Å²) in [6.45, 7) is 0. The van der Waals surface area contributed by atoms with Crippen LogP contribution < -0.4 is 0 Å². The number of aromatic nitrogens is 3. The van der Waals surface area contributed by atoms with Gasteiger partial charge < -0.3 is 4.98 Å². The Morgan fingerprint density at radius 2 is 1.74 bits per heavy atom. The van der Waals surface area contributed by atoms with Crippen LogP contribution in [0.3, 0.4) is 0 Å². The molecule has 0 aliphatic carbocycles. The van der Waals surface area contributed by atoms with E-state index in [1.54, 1.807) is 6.20 Å². The molecule has 2 heterocycles. The molecule has 0 bridgehead atoms. The van der Waals surface area contributed by atoms with Gasteiger partial charge in [-0.05, 0) is 17.8 Å². The number of pyridine rings is 1. The summed E-state index contributed by atoms with van der Waals surface area (Å²) in [5, 5.41) is -0.387. The Kier molecular flexibility index (Phi) is 7.64. The van der Waals surface area contributed by atoms with Gasteiger partial charge in [0, 0.05) is 32.5 Å². The zero-order chi connectivity index (χ0) is 15.8. The third-order valence-electron chi connectivity index (χ3n) is 2.47. The second kappa shape index (κ2) is 9.22. The Balaban J connectivity index is 0.000000224. The number of hydrogen-bond donors (Lipinski definition) is 1. The fourth-order valence-corrected chi connectivity index (χ4v) is 1.92. The van der Waals surface area contributed by atoms with Gasteiger partial charge in [0.1, 0.15) is 6.33 Å². The molecule has 0 amide bonds. The summed E-state index contributed by atoms with van der Waals surface area (Å²) in [6.07, 6.45) is 4.06. The third kappa shape index (κ3) is 6.33. The van der Waals surface area contributed by atoms with Gasteiger partial charge in [-0.25, -0.2) is 9.97 Å². The predicted molar refractivity (Wildman–Crippen MR) is 80.4 cm³/mol. The van der Waals surface area contributed by atoms with Crippen molar-refractivity contribution >= 4 is 10.1 Å². The molecule has 3 aromatic rings. The van der Waals surface area contributed by atoms with Crippen LogP contribution in [0.25, 0.3) is 11.3 Å². The van der Waals surface area contributed by atoms with E-state index < -0.39 is 10.1 Å². The molecule has 1 N–H and O–H groups in total. The Morgan fingerprint density at radius 3 is 2.22 bits per heavy atom. The van der Waals surface area contributed by atoms with Gasteiger partial charge >= 0.3 is 10.1 Å². The predicted octanol–water partition coefficient (Wildman–Crippen LogP) is 2.27. The first kappa shape index (κ1) is 19.1. The number of benzene rings is 1. The molecule has 0 atom stereocenters. The van der Waals surface area contributed by atoms with Gasteiger partial charge in [-0.3, -0.25) is 4.55 Å². The van der Waals surface area contributed by atoms with Crippen molar-refractivity contribution in [3.05, 3.63) is 73.3 Å². The van der Waals surface area contributed by atoms with E-state index in [0.29, 0.717) is 0 Å². The van der Waals surface area contributed by atoms with Gasteiger partial charge in [0.05, 0.1) is 0 Å². The van der Waals surface area contributed by atoms with Crippen molar-refractivity contribution in [2.75, 3.05) is 0 Å². The molecule has 23 heavy (non-hydrogen) atoms. The van der Waals surface area contributed by atoms with Crippen molar-refractivity contribution in [1.29, 1.82) is 0 Å². The maximum atomic E-state index is 10.3. The van der Waals surface area contributed by atoms with Crippen molar-refractivity contribution in [3.8, 4) is 11.3 Å². The number of rotatable bonds is 2. The SMILES string of the molecule is O=S(=O)(O)c1ccncn1.[Ir].[c-]1ccccc1-c1ccccn1. The van der Waals surface area contributed by atoms with Gasteiger partial charge in [-0.15, -0.1) is 35.9 Å². The Morgan fingerprint density at radius 1 is 0.957 bits per heavy atom. The largest absolute Gasteiger partial charge is 0.312 e. The van der Waals surface area contributed by atoms with Gasteiger partial charge in [-0.1, -0.05) is 12.1 Å². The van der Waals surface area contributed by atoms with Gasteiger partial charge in [0.25, 0.3) is 0 Å². The first-order valence-corrected chi connectivity index (χ1v) is 7.63. The monoisotopic (exact) mass is 507 g/mol. The van der Waals surface area contributed by atoms with E-state index in [4.69, 9.17) is 4.55 Å². The molecule has 0 saturated heterocycles. The molecule has 3 rings (SSSR count). The summed E-state index contributed by atoms with van der Waals surface area (Å²) in [4.78, 5) is 11.0. The molecule has 1 aromatic carbocycles. The molecule has 1 radical (unpaired) electrons. The maximum Gasteiger partial charge on any atom is 0.312 e. The van der Waals surface area contributed by atoms with Crippen molar-refractivity contribution in [3.63, 3.8) is 0 Å². The summed E-state index contributed by atoms with van der Waals surface area (Å²) in [5.74, 6) is 0. The molecule has 0 unspecified atom stereocenters. The van der Waals surface area contributed by atoms with E-state index in [0.717, 1.165) is 23.7 Å². The summed E-state index contributed by atoms with van der Waals surface area (Å²) in [6, 6.07) is 17.9. The molecule has 121 valence electrons. The zero-order valence-corrected chi connectivity index (χ0v) is 14.9. The summed E-state index contributed by atoms with van der Waals surface area (Å²) < 4.78 is 29.0. The summed E-state index contributed by atoms with van der Waals surface area (Å²) >= 11 is 0. The van der Waals surface area contributed by atoms with Crippen molar-refractivity contribution in [1.82, 2.24) is 15.0 Å².